The van der Waals surface area contributed by atoms with E-state index in [1.165, 1.54) is 41.3 Å². The molecular weight excluding hydrogens is 593 g/mol. The van der Waals surface area contributed by atoms with Gasteiger partial charge in [0.25, 0.3) is 10.0 Å². The van der Waals surface area contributed by atoms with Crippen LogP contribution in [0.15, 0.2) is 77.7 Å². The summed E-state index contributed by atoms with van der Waals surface area (Å²) >= 11 is 6.45. The third kappa shape index (κ3) is 8.06. The molecule has 0 heterocycles. The first-order valence-electron chi connectivity index (χ1n) is 14.5. The second-order valence-corrected chi connectivity index (χ2v) is 12.7. The molecular formula is C32H37ClFN3O5S. The normalized spacial score (nSPS) is 14.2. The van der Waals surface area contributed by atoms with Gasteiger partial charge in [-0.15, -0.1) is 0 Å². The van der Waals surface area contributed by atoms with E-state index in [4.69, 9.17) is 16.3 Å². The van der Waals surface area contributed by atoms with Gasteiger partial charge in [0.2, 0.25) is 11.8 Å². The number of carbonyl (C=O) groups is 2. The Labute approximate surface area is 257 Å². The van der Waals surface area contributed by atoms with Gasteiger partial charge in [0.15, 0.2) is 0 Å². The molecule has 43 heavy (non-hydrogen) atoms. The smallest absolute Gasteiger partial charge is 0.264 e. The lowest BCUT2D eigenvalue weighted by Gasteiger charge is -2.34. The van der Waals surface area contributed by atoms with Gasteiger partial charge in [-0.1, -0.05) is 49.6 Å². The lowest BCUT2D eigenvalue weighted by Crippen LogP contribution is -2.53. The fraction of sp³-hybridized carbons (Fsp3) is 0.375. The molecule has 1 atom stereocenters. The summed E-state index contributed by atoms with van der Waals surface area (Å²) < 4.78 is 48.2. The average Bonchev–Trinajstić information content (AvgIpc) is 3.50. The average molecular weight is 630 g/mol. The van der Waals surface area contributed by atoms with Crippen LogP contribution >= 0.6 is 11.6 Å². The van der Waals surface area contributed by atoms with E-state index >= 15 is 0 Å². The predicted octanol–water partition coefficient (Wildman–Crippen LogP) is 5.94. The van der Waals surface area contributed by atoms with Crippen molar-refractivity contribution in [1.82, 2.24) is 10.2 Å². The summed E-state index contributed by atoms with van der Waals surface area (Å²) in [5, 5.41) is 3.50. The van der Waals surface area contributed by atoms with Gasteiger partial charge >= 0.3 is 0 Å². The minimum atomic E-state index is -4.30. The minimum Gasteiger partial charge on any atom is -0.494 e. The summed E-state index contributed by atoms with van der Waals surface area (Å²) in [4.78, 5) is 29.0. The second-order valence-electron chi connectivity index (χ2n) is 10.4. The first kappa shape index (κ1) is 32.3. The van der Waals surface area contributed by atoms with Crippen LogP contribution in [0.2, 0.25) is 5.02 Å². The van der Waals surface area contributed by atoms with Crippen molar-refractivity contribution in [2.75, 3.05) is 17.5 Å². The van der Waals surface area contributed by atoms with Crippen molar-refractivity contribution in [1.29, 1.82) is 0 Å². The van der Waals surface area contributed by atoms with Crippen LogP contribution in [0.1, 0.15) is 51.5 Å². The van der Waals surface area contributed by atoms with Crippen molar-refractivity contribution in [3.63, 3.8) is 0 Å². The third-order valence-electron chi connectivity index (χ3n) is 7.50. The van der Waals surface area contributed by atoms with E-state index < -0.39 is 34.3 Å². The van der Waals surface area contributed by atoms with Gasteiger partial charge in [0.05, 0.1) is 17.2 Å². The van der Waals surface area contributed by atoms with E-state index in [2.05, 4.69) is 5.32 Å². The Balaban J connectivity index is 1.71. The van der Waals surface area contributed by atoms with Gasteiger partial charge in [-0.3, -0.25) is 13.9 Å². The van der Waals surface area contributed by atoms with Crippen LogP contribution in [0.3, 0.4) is 0 Å². The van der Waals surface area contributed by atoms with Gasteiger partial charge in [0.1, 0.15) is 24.2 Å². The Morgan fingerprint density at radius 1 is 1.00 bits per heavy atom. The molecule has 0 spiro atoms. The molecule has 1 aliphatic carbocycles. The first-order valence-corrected chi connectivity index (χ1v) is 16.3. The highest BCUT2D eigenvalue weighted by molar-refractivity contribution is 7.92. The summed E-state index contributed by atoms with van der Waals surface area (Å²) in [5.74, 6) is -0.955. The summed E-state index contributed by atoms with van der Waals surface area (Å²) in [6.45, 7) is 3.41. The van der Waals surface area contributed by atoms with E-state index in [0.717, 1.165) is 42.1 Å². The van der Waals surface area contributed by atoms with Crippen LogP contribution in [0.4, 0.5) is 10.1 Å². The van der Waals surface area contributed by atoms with E-state index in [1.807, 2.05) is 6.92 Å². The number of carbonyl (C=O) groups excluding carboxylic acids is 2. The molecule has 230 valence electrons. The molecule has 0 bridgehead atoms. The molecule has 3 aromatic rings. The molecule has 1 N–H and O–H groups in total. The molecule has 0 saturated heterocycles. The molecule has 0 unspecified atom stereocenters. The lowest BCUT2D eigenvalue weighted by atomic mass is 10.1. The topological polar surface area (TPSA) is 96.0 Å². The fourth-order valence-electron chi connectivity index (χ4n) is 5.23. The molecule has 1 aliphatic rings. The number of benzene rings is 3. The first-order chi connectivity index (χ1) is 20.6. The van der Waals surface area contributed by atoms with Crippen molar-refractivity contribution in [2.45, 2.75) is 69.5 Å². The van der Waals surface area contributed by atoms with E-state index in [9.17, 15) is 22.4 Å². The zero-order valence-electron chi connectivity index (χ0n) is 24.3. The third-order valence-corrected chi connectivity index (χ3v) is 9.66. The predicted molar refractivity (Wildman–Crippen MR) is 165 cm³/mol. The van der Waals surface area contributed by atoms with Gasteiger partial charge in [-0.25, -0.2) is 12.8 Å². The summed E-state index contributed by atoms with van der Waals surface area (Å²) in [7, 11) is -4.30. The largest absolute Gasteiger partial charge is 0.494 e. The van der Waals surface area contributed by atoms with Crippen LogP contribution in [0, 0.1) is 5.82 Å². The number of sulfonamides is 1. The molecule has 1 saturated carbocycles. The van der Waals surface area contributed by atoms with E-state index in [1.54, 1.807) is 31.2 Å². The van der Waals surface area contributed by atoms with Crippen LogP contribution in [0.25, 0.3) is 0 Å². The molecule has 1 fully saturated rings. The van der Waals surface area contributed by atoms with Crippen molar-refractivity contribution < 1.29 is 27.1 Å². The SMILES string of the molecule is CCOc1ccc(S(=O)(=O)N(CC(=O)N(Cc2ccccc2Cl)[C@H](CC)C(=O)NC2CCCC2)c2ccc(F)cc2)cc1. The summed E-state index contributed by atoms with van der Waals surface area (Å²) in [5.41, 5.74) is 0.720. The quantitative estimate of drug-likeness (QED) is 0.253. The maximum absolute atomic E-state index is 14.2. The molecule has 0 radical (unpaired) electrons. The van der Waals surface area contributed by atoms with Crippen LogP contribution in [-0.4, -0.2) is 50.4 Å². The number of halogens is 2. The Morgan fingerprint density at radius 2 is 1.65 bits per heavy atom. The van der Waals surface area contributed by atoms with Gasteiger partial charge in [-0.05, 0) is 86.3 Å². The van der Waals surface area contributed by atoms with E-state index in [-0.39, 0.29) is 29.1 Å². The fourth-order valence-corrected chi connectivity index (χ4v) is 6.84. The highest BCUT2D eigenvalue weighted by atomic mass is 35.5. The molecule has 8 nitrogen and oxygen atoms in total. The lowest BCUT2D eigenvalue weighted by molar-refractivity contribution is -0.140. The van der Waals surface area contributed by atoms with Crippen LogP contribution in [-0.2, 0) is 26.2 Å². The number of nitrogens with one attached hydrogen (secondary N) is 1. The second kappa shape index (κ2) is 14.7. The minimum absolute atomic E-state index is 0.00450. The number of anilines is 1. The van der Waals surface area contributed by atoms with Crippen LogP contribution < -0.4 is 14.4 Å². The monoisotopic (exact) mass is 629 g/mol. The number of hydrogen-bond acceptors (Lipinski definition) is 5. The molecule has 11 heteroatoms. The van der Waals surface area contributed by atoms with Crippen molar-refractivity contribution in [3.8, 4) is 5.75 Å². The summed E-state index contributed by atoms with van der Waals surface area (Å²) in [6.07, 6.45) is 4.11. The van der Waals surface area contributed by atoms with Crippen molar-refractivity contribution >= 4 is 39.1 Å². The standard InChI is InChI=1S/C32H37ClFN3O5S/c1-3-30(32(39)35-25-10-6-7-11-25)36(21-23-9-5-8-12-29(23)33)31(38)22-37(26-15-13-24(34)14-16-26)43(40,41)28-19-17-27(18-20-28)42-4-2/h5,8-9,12-20,25,30H,3-4,6-7,10-11,21-22H2,1-2H3,(H,35,39)/t30-/m1/s1. The highest BCUT2D eigenvalue weighted by Gasteiger charge is 2.35. The molecule has 2 amide bonds. The zero-order valence-corrected chi connectivity index (χ0v) is 25.9. The van der Waals surface area contributed by atoms with Crippen LogP contribution in [0.5, 0.6) is 5.75 Å². The number of rotatable bonds is 13. The Kier molecular flexibility index (Phi) is 11.0. The van der Waals surface area contributed by atoms with Crippen molar-refractivity contribution in [2.24, 2.45) is 0 Å². The van der Waals surface area contributed by atoms with Crippen molar-refractivity contribution in [3.05, 3.63) is 89.2 Å². The molecule has 3 aromatic carbocycles. The number of amides is 2. The Hall–Kier alpha value is -3.63. The number of nitrogens with zero attached hydrogens (tertiary/aromatic N) is 2. The summed E-state index contributed by atoms with van der Waals surface area (Å²) in [6, 6.07) is 16.9. The number of hydrogen-bond donors (Lipinski definition) is 1. The zero-order chi connectivity index (χ0) is 31.0. The molecule has 0 aliphatic heterocycles. The van der Waals surface area contributed by atoms with Gasteiger partial charge in [0, 0.05) is 17.6 Å². The van der Waals surface area contributed by atoms with E-state index in [0.29, 0.717) is 29.4 Å². The Bertz CT molecular complexity index is 1500. The highest BCUT2D eigenvalue weighted by Crippen LogP contribution is 2.27. The Morgan fingerprint density at radius 3 is 2.26 bits per heavy atom. The van der Waals surface area contributed by atoms with Gasteiger partial charge < -0.3 is 15.0 Å². The maximum Gasteiger partial charge on any atom is 0.264 e. The maximum atomic E-state index is 14.2. The molecule has 0 aromatic heterocycles. The van der Waals surface area contributed by atoms with Gasteiger partial charge in [-0.2, -0.15) is 0 Å². The molecule has 4 rings (SSSR count). The number of ether oxygens (including phenoxy) is 1.